The molecule has 0 aromatic heterocycles. The summed E-state index contributed by atoms with van der Waals surface area (Å²) in [6, 6.07) is 2.52. The van der Waals surface area contributed by atoms with Crippen molar-refractivity contribution in [2.45, 2.75) is 124 Å². The van der Waals surface area contributed by atoms with E-state index in [1.807, 2.05) is 13.8 Å². The number of hydrogen-bond acceptors (Lipinski definition) is 12. The number of ether oxygens (including phenoxy) is 2. The molecule has 54 heavy (non-hydrogen) atoms. The predicted molar refractivity (Wildman–Crippen MR) is 191 cm³/mol. The molecule has 0 saturated carbocycles. The molecule has 2 heterocycles. The van der Waals surface area contributed by atoms with Crippen LogP contribution in [0.3, 0.4) is 0 Å². The number of rotatable bonds is 15. The van der Waals surface area contributed by atoms with Crippen LogP contribution in [0.2, 0.25) is 0 Å². The van der Waals surface area contributed by atoms with Gasteiger partial charge in [-0.05, 0) is 75.6 Å². The Hall–Kier alpha value is -4.45. The van der Waals surface area contributed by atoms with E-state index in [2.05, 4.69) is 16.0 Å². The number of imide groups is 1. The van der Waals surface area contributed by atoms with E-state index in [9.17, 15) is 54.0 Å². The number of nitrogens with zero attached hydrogens (tertiary/aromatic N) is 1. The van der Waals surface area contributed by atoms with Crippen LogP contribution in [0.4, 0.5) is 5.69 Å². The molecule has 8 atom stereocenters. The van der Waals surface area contributed by atoms with Gasteiger partial charge >= 0.3 is 11.9 Å². The summed E-state index contributed by atoms with van der Waals surface area (Å²) >= 11 is 0. The number of aryl methyl sites for hydroxylation is 1. The number of anilines is 1. The Balaban J connectivity index is 1.71. The summed E-state index contributed by atoms with van der Waals surface area (Å²) in [5, 5.41) is 48.1. The van der Waals surface area contributed by atoms with E-state index < -0.39 is 108 Å². The zero-order chi connectivity index (χ0) is 40.8. The molecule has 0 unspecified atom stereocenters. The maximum absolute atomic E-state index is 13.3. The molecule has 17 nitrogen and oxygen atoms in total. The molecule has 0 radical (unpaired) electrons. The lowest BCUT2D eigenvalue weighted by molar-refractivity contribution is -0.228. The minimum absolute atomic E-state index is 0.0137. The number of nitrogens with one attached hydrogen (secondary N) is 3. The van der Waals surface area contributed by atoms with Gasteiger partial charge in [-0.1, -0.05) is 33.8 Å². The maximum atomic E-state index is 13.3. The summed E-state index contributed by atoms with van der Waals surface area (Å²) in [6.07, 6.45) is -8.12. The van der Waals surface area contributed by atoms with Crippen molar-refractivity contribution in [2.24, 2.45) is 23.2 Å². The molecule has 0 aliphatic carbocycles. The van der Waals surface area contributed by atoms with Crippen LogP contribution < -0.4 is 16.0 Å². The number of carbonyl (C=O) groups is 7. The van der Waals surface area contributed by atoms with E-state index >= 15 is 0 Å². The highest BCUT2D eigenvalue weighted by atomic mass is 16.6. The number of benzene rings is 1. The second-order valence-corrected chi connectivity index (χ2v) is 15.6. The van der Waals surface area contributed by atoms with Crippen LogP contribution in [0.5, 0.6) is 0 Å². The Morgan fingerprint density at radius 1 is 0.926 bits per heavy atom. The topological polar surface area (TPSA) is 258 Å². The molecule has 3 rings (SSSR count). The van der Waals surface area contributed by atoms with E-state index in [4.69, 9.17) is 9.47 Å². The number of aliphatic hydroxyl groups is 3. The Kier molecular flexibility index (Phi) is 14.9. The zero-order valence-electron chi connectivity index (χ0n) is 32.0. The van der Waals surface area contributed by atoms with Gasteiger partial charge in [-0.3, -0.25) is 33.7 Å². The quantitative estimate of drug-likeness (QED) is 0.0936. The molecule has 0 spiro atoms. The van der Waals surface area contributed by atoms with Gasteiger partial charge in [0.15, 0.2) is 6.10 Å². The number of carboxylic acids is 1. The number of likely N-dealkylation sites (tertiary alicyclic amines) is 1. The van der Waals surface area contributed by atoms with Crippen molar-refractivity contribution in [3.63, 3.8) is 0 Å². The average molecular weight is 763 g/mol. The van der Waals surface area contributed by atoms with Crippen molar-refractivity contribution in [1.29, 1.82) is 0 Å². The summed E-state index contributed by atoms with van der Waals surface area (Å²) in [7, 11) is 0. The second kappa shape index (κ2) is 18.3. The fraction of sp³-hybridized carbons (Fsp3) is 0.649. The van der Waals surface area contributed by atoms with Crippen molar-refractivity contribution < 1.29 is 63.5 Å². The Bertz CT molecular complexity index is 1590. The molecule has 2 fully saturated rings. The Morgan fingerprint density at radius 3 is 2.13 bits per heavy atom. The van der Waals surface area contributed by atoms with Gasteiger partial charge in [-0.25, -0.2) is 4.79 Å². The molecule has 7 N–H and O–H groups in total. The third-order valence-corrected chi connectivity index (χ3v) is 9.50. The smallest absolute Gasteiger partial charge is 0.335 e. The summed E-state index contributed by atoms with van der Waals surface area (Å²) in [5.74, 6) is -5.92. The monoisotopic (exact) mass is 762 g/mol. The molecule has 0 bridgehead atoms. The summed E-state index contributed by atoms with van der Waals surface area (Å²) in [4.78, 5) is 89.4. The molecule has 5 amide bonds. The number of aliphatic hydroxyl groups excluding tert-OH is 3. The van der Waals surface area contributed by atoms with Crippen LogP contribution in [0.15, 0.2) is 18.2 Å². The molecular weight excluding hydrogens is 708 g/mol. The lowest BCUT2D eigenvalue weighted by atomic mass is 9.91. The number of amides is 5. The van der Waals surface area contributed by atoms with E-state index in [0.29, 0.717) is 11.1 Å². The first-order chi connectivity index (χ1) is 25.0. The maximum Gasteiger partial charge on any atom is 0.335 e. The van der Waals surface area contributed by atoms with Gasteiger partial charge in [-0.15, -0.1) is 0 Å². The Labute approximate surface area is 314 Å². The summed E-state index contributed by atoms with van der Waals surface area (Å²) in [6.45, 7) is 12.8. The zero-order valence-corrected chi connectivity index (χ0v) is 32.0. The SMILES string of the molecule is CC(C)[C@@H]1CC(=O)N(CC(=O)N[C@H](C(=O)N[C@@H](C)C(=O)Nc2ccc(COC(=O)C(C)(C)C)c(CC[C@@H]3O[C@H](C(=O)O)[C@@H](O)[C@H](O)[C@H]3O)c2)C(C)C)C1=O. The van der Waals surface area contributed by atoms with Gasteiger partial charge < -0.3 is 45.9 Å². The van der Waals surface area contributed by atoms with Gasteiger partial charge in [0, 0.05) is 18.0 Å². The molecule has 300 valence electrons. The molecule has 1 aromatic rings. The molecule has 17 heteroatoms. The van der Waals surface area contributed by atoms with Crippen molar-refractivity contribution >= 4 is 47.2 Å². The number of aliphatic carboxylic acids is 1. The van der Waals surface area contributed by atoms with Crippen molar-refractivity contribution in [2.75, 3.05) is 11.9 Å². The summed E-state index contributed by atoms with van der Waals surface area (Å²) in [5.41, 5.74) is 0.532. The van der Waals surface area contributed by atoms with E-state index in [0.717, 1.165) is 4.90 Å². The molecular formula is C37H54N4O13. The predicted octanol–water partition coefficient (Wildman–Crippen LogP) is 0.258. The first kappa shape index (κ1) is 44.0. The fourth-order valence-corrected chi connectivity index (χ4v) is 6.04. The van der Waals surface area contributed by atoms with Crippen molar-refractivity contribution in [3.8, 4) is 0 Å². The average Bonchev–Trinajstić information content (AvgIpc) is 3.36. The lowest BCUT2D eigenvalue weighted by Gasteiger charge is -2.39. The van der Waals surface area contributed by atoms with Crippen LogP contribution in [-0.4, -0.2) is 116 Å². The van der Waals surface area contributed by atoms with Gasteiger partial charge in [0.2, 0.25) is 29.5 Å². The molecule has 2 saturated heterocycles. The minimum Gasteiger partial charge on any atom is -0.479 e. The molecule has 2 aliphatic heterocycles. The van der Waals surface area contributed by atoms with E-state index in [1.54, 1.807) is 52.8 Å². The molecule has 2 aliphatic rings. The van der Waals surface area contributed by atoms with E-state index in [1.165, 1.54) is 6.92 Å². The van der Waals surface area contributed by atoms with Crippen LogP contribution in [0.1, 0.15) is 79.4 Å². The van der Waals surface area contributed by atoms with Gasteiger partial charge in [0.1, 0.15) is 43.5 Å². The third kappa shape index (κ3) is 11.1. The second-order valence-electron chi connectivity index (χ2n) is 15.6. The van der Waals surface area contributed by atoms with Gasteiger partial charge in [0.05, 0.1) is 11.5 Å². The first-order valence-corrected chi connectivity index (χ1v) is 18.0. The first-order valence-electron chi connectivity index (χ1n) is 18.0. The number of esters is 1. The highest BCUT2D eigenvalue weighted by molar-refractivity contribution is 6.06. The van der Waals surface area contributed by atoms with Crippen LogP contribution in [0, 0.1) is 23.2 Å². The highest BCUT2D eigenvalue weighted by Gasteiger charge is 2.46. The highest BCUT2D eigenvalue weighted by Crippen LogP contribution is 2.28. The van der Waals surface area contributed by atoms with E-state index in [-0.39, 0.29) is 37.5 Å². The largest absolute Gasteiger partial charge is 0.479 e. The standard InChI is InChI=1S/C37H54N4O13/c1-17(2)23-14-26(43)41(34(23)49)15-25(42)40-27(18(3)4)33(48)38-19(5)32(47)39-22-11-9-21(16-53-36(52)37(6,7)8)20(13-22)10-12-24-28(44)29(45)30(46)31(54-24)35(50)51/h9,11,13,17-19,23-24,27-31,44-46H,10,12,14-16H2,1-8H3,(H,38,48)(H,39,47)(H,40,42)(H,50,51)/t19-,23-,24-,27-,28-,29+,30-,31-/m0/s1. The lowest BCUT2D eigenvalue weighted by Crippen LogP contribution is -2.59. The summed E-state index contributed by atoms with van der Waals surface area (Å²) < 4.78 is 10.9. The third-order valence-electron chi connectivity index (χ3n) is 9.50. The number of carbonyl (C=O) groups excluding carboxylic acids is 6. The Morgan fingerprint density at radius 2 is 1.57 bits per heavy atom. The molecule has 1 aromatic carbocycles. The van der Waals surface area contributed by atoms with Crippen molar-refractivity contribution in [1.82, 2.24) is 15.5 Å². The fourth-order valence-electron chi connectivity index (χ4n) is 6.04. The van der Waals surface area contributed by atoms with Crippen LogP contribution >= 0.6 is 0 Å². The van der Waals surface area contributed by atoms with Crippen LogP contribution in [-0.2, 0) is 56.1 Å². The number of hydrogen-bond donors (Lipinski definition) is 7. The van der Waals surface area contributed by atoms with Crippen LogP contribution in [0.25, 0.3) is 0 Å². The number of carboxylic acid groups (broad SMARTS) is 1. The van der Waals surface area contributed by atoms with Crippen molar-refractivity contribution in [3.05, 3.63) is 29.3 Å². The minimum atomic E-state index is -1.85. The van der Waals surface area contributed by atoms with Gasteiger partial charge in [0.25, 0.3) is 0 Å². The van der Waals surface area contributed by atoms with Gasteiger partial charge in [-0.2, -0.15) is 0 Å². The normalized spacial score (nSPS) is 24.3.